The Labute approximate surface area is 213 Å². The fraction of sp³-hybridized carbons (Fsp3) is 0.133. The fourth-order valence-electron chi connectivity index (χ4n) is 5.17. The van der Waals surface area contributed by atoms with Gasteiger partial charge in [0.25, 0.3) is 0 Å². The van der Waals surface area contributed by atoms with Crippen molar-refractivity contribution in [3.8, 4) is 39.7 Å². The molecule has 4 aromatic heterocycles. The van der Waals surface area contributed by atoms with Gasteiger partial charge < -0.3 is 10.8 Å². The van der Waals surface area contributed by atoms with Crippen LogP contribution in [0.15, 0.2) is 91.3 Å². The van der Waals surface area contributed by atoms with E-state index in [4.69, 9.17) is 10.7 Å². The number of nitrogens with zero attached hydrogens (tertiary/aromatic N) is 5. The zero-order valence-electron chi connectivity index (χ0n) is 20.0. The van der Waals surface area contributed by atoms with Crippen molar-refractivity contribution in [3.63, 3.8) is 0 Å². The molecule has 1 fully saturated rings. The van der Waals surface area contributed by atoms with E-state index in [1.807, 2.05) is 34.9 Å². The molecule has 3 N–H and O–H groups in total. The molecule has 6 aromatic rings. The van der Waals surface area contributed by atoms with Crippen LogP contribution in [-0.4, -0.2) is 29.7 Å². The first-order valence-electron chi connectivity index (χ1n) is 12.4. The van der Waals surface area contributed by atoms with Crippen molar-refractivity contribution in [1.29, 1.82) is 0 Å². The summed E-state index contributed by atoms with van der Waals surface area (Å²) in [5, 5.41) is 19.4. The fourth-order valence-corrected chi connectivity index (χ4v) is 5.17. The molecule has 1 saturated carbocycles. The third-order valence-electron chi connectivity index (χ3n) is 7.44. The zero-order chi connectivity index (χ0) is 25.0. The molecule has 0 spiro atoms. The number of hydrogen-bond acceptors (Lipinski definition) is 6. The lowest BCUT2D eigenvalue weighted by Crippen LogP contribution is -2.43. The van der Waals surface area contributed by atoms with Crippen LogP contribution < -0.4 is 5.73 Å². The Morgan fingerprint density at radius 1 is 0.838 bits per heavy atom. The molecule has 37 heavy (non-hydrogen) atoms. The summed E-state index contributed by atoms with van der Waals surface area (Å²) in [6, 6.07) is 26.3. The van der Waals surface area contributed by atoms with E-state index in [1.54, 1.807) is 18.3 Å². The average molecular weight is 485 g/mol. The maximum Gasteiger partial charge on any atom is 0.210 e. The normalized spacial score (nSPS) is 14.6. The van der Waals surface area contributed by atoms with Crippen molar-refractivity contribution in [1.82, 2.24) is 24.6 Å². The number of hydrogen-bond donors (Lipinski definition) is 2. The van der Waals surface area contributed by atoms with Gasteiger partial charge in [-0.25, -0.2) is 9.97 Å². The third kappa shape index (κ3) is 3.55. The van der Waals surface area contributed by atoms with Crippen molar-refractivity contribution in [2.75, 3.05) is 0 Å². The van der Waals surface area contributed by atoms with Crippen molar-refractivity contribution >= 4 is 16.6 Å². The van der Waals surface area contributed by atoms with Crippen molar-refractivity contribution in [3.05, 3.63) is 96.8 Å². The van der Waals surface area contributed by atoms with E-state index in [2.05, 4.69) is 57.6 Å². The number of fused-ring (bicyclic) bond motifs is 3. The molecular weight excluding hydrogens is 460 g/mol. The molecule has 7 nitrogen and oxygen atoms in total. The number of benzene rings is 2. The van der Waals surface area contributed by atoms with E-state index in [-0.39, 0.29) is 11.4 Å². The lowest BCUT2D eigenvalue weighted by molar-refractivity contribution is 0.253. The van der Waals surface area contributed by atoms with Crippen LogP contribution in [0.5, 0.6) is 5.88 Å². The van der Waals surface area contributed by atoms with E-state index >= 15 is 0 Å². The predicted octanol–water partition coefficient (Wildman–Crippen LogP) is 5.72. The number of aromatic hydroxyl groups is 1. The summed E-state index contributed by atoms with van der Waals surface area (Å²) in [5.74, 6) is 0.617. The van der Waals surface area contributed by atoms with Gasteiger partial charge in [0.2, 0.25) is 5.88 Å². The lowest BCUT2D eigenvalue weighted by atomic mass is 9.72. The van der Waals surface area contributed by atoms with Gasteiger partial charge in [-0.3, -0.25) is 4.40 Å². The lowest BCUT2D eigenvalue weighted by Gasteiger charge is -2.38. The third-order valence-corrected chi connectivity index (χ3v) is 7.44. The minimum atomic E-state index is -0.193. The molecule has 0 unspecified atom stereocenters. The first-order valence-corrected chi connectivity index (χ1v) is 12.4. The molecule has 0 saturated heterocycles. The van der Waals surface area contributed by atoms with Crippen LogP contribution in [0.2, 0.25) is 0 Å². The van der Waals surface area contributed by atoms with Crippen LogP contribution in [0, 0.1) is 0 Å². The quantitative estimate of drug-likeness (QED) is 0.332. The van der Waals surface area contributed by atoms with Crippen LogP contribution >= 0.6 is 0 Å². The summed E-state index contributed by atoms with van der Waals surface area (Å²) in [6.45, 7) is 0. The second kappa shape index (κ2) is 8.21. The van der Waals surface area contributed by atoms with Gasteiger partial charge in [0.1, 0.15) is 0 Å². The van der Waals surface area contributed by atoms with Gasteiger partial charge in [0, 0.05) is 46.1 Å². The van der Waals surface area contributed by atoms with E-state index < -0.39 is 0 Å². The highest BCUT2D eigenvalue weighted by Gasteiger charge is 2.34. The molecule has 180 valence electrons. The minimum absolute atomic E-state index is 0.0328. The summed E-state index contributed by atoms with van der Waals surface area (Å²) in [7, 11) is 0. The molecule has 4 heterocycles. The van der Waals surface area contributed by atoms with Gasteiger partial charge >= 0.3 is 0 Å². The molecule has 7 rings (SSSR count). The topological polar surface area (TPSA) is 102 Å². The van der Waals surface area contributed by atoms with Gasteiger partial charge in [0.15, 0.2) is 11.5 Å². The van der Waals surface area contributed by atoms with Gasteiger partial charge in [-0.1, -0.05) is 54.6 Å². The molecule has 1 aliphatic carbocycles. The SMILES string of the molecule is NC1(c2ccc(-c3nc4ccn5c(-c6ccc(O)nc6)nnc5c4cc3-c3ccccc3)cc2)CCC1. The Morgan fingerprint density at radius 3 is 2.32 bits per heavy atom. The summed E-state index contributed by atoms with van der Waals surface area (Å²) in [4.78, 5) is 9.12. The zero-order valence-corrected chi connectivity index (χ0v) is 20.0. The maximum atomic E-state index is 9.57. The Kier molecular flexibility index (Phi) is 4.81. The highest BCUT2D eigenvalue weighted by molar-refractivity contribution is 5.98. The largest absolute Gasteiger partial charge is 0.493 e. The Hall–Kier alpha value is -4.62. The first kappa shape index (κ1) is 21.6. The van der Waals surface area contributed by atoms with Crippen LogP contribution in [0.4, 0.5) is 0 Å². The number of rotatable bonds is 4. The van der Waals surface area contributed by atoms with Gasteiger partial charge in [-0.15, -0.1) is 10.2 Å². The smallest absolute Gasteiger partial charge is 0.210 e. The monoisotopic (exact) mass is 484 g/mol. The van der Waals surface area contributed by atoms with Crippen LogP contribution in [0.3, 0.4) is 0 Å². The Bertz CT molecular complexity index is 1750. The number of nitrogens with two attached hydrogens (primary N) is 1. The van der Waals surface area contributed by atoms with Gasteiger partial charge in [-0.2, -0.15) is 0 Å². The van der Waals surface area contributed by atoms with Gasteiger partial charge in [0.05, 0.1) is 11.2 Å². The Morgan fingerprint density at radius 2 is 1.62 bits per heavy atom. The minimum Gasteiger partial charge on any atom is -0.493 e. The molecule has 0 atom stereocenters. The van der Waals surface area contributed by atoms with E-state index in [0.717, 1.165) is 51.7 Å². The summed E-state index contributed by atoms with van der Waals surface area (Å²) < 4.78 is 1.93. The van der Waals surface area contributed by atoms with Crippen molar-refractivity contribution < 1.29 is 5.11 Å². The van der Waals surface area contributed by atoms with E-state index in [1.165, 1.54) is 12.0 Å². The first-order chi connectivity index (χ1) is 18.1. The van der Waals surface area contributed by atoms with Crippen molar-refractivity contribution in [2.45, 2.75) is 24.8 Å². The summed E-state index contributed by atoms with van der Waals surface area (Å²) >= 11 is 0. The van der Waals surface area contributed by atoms with Crippen LogP contribution in [0.25, 0.3) is 50.3 Å². The van der Waals surface area contributed by atoms with Crippen LogP contribution in [0.1, 0.15) is 24.8 Å². The van der Waals surface area contributed by atoms with E-state index in [9.17, 15) is 5.11 Å². The highest BCUT2D eigenvalue weighted by atomic mass is 16.3. The molecule has 0 aliphatic heterocycles. The maximum absolute atomic E-state index is 9.57. The molecule has 7 heteroatoms. The molecule has 0 radical (unpaired) electrons. The van der Waals surface area contributed by atoms with Gasteiger partial charge in [-0.05, 0) is 48.6 Å². The number of pyridine rings is 3. The van der Waals surface area contributed by atoms with Crippen LogP contribution in [-0.2, 0) is 5.54 Å². The highest BCUT2D eigenvalue weighted by Crippen LogP contribution is 2.40. The molecular formula is C30H24N6O. The number of aromatic nitrogens is 5. The predicted molar refractivity (Wildman–Crippen MR) is 144 cm³/mol. The molecule has 2 aromatic carbocycles. The molecule has 1 aliphatic rings. The summed E-state index contributed by atoms with van der Waals surface area (Å²) in [6.07, 6.45) is 6.77. The summed E-state index contributed by atoms with van der Waals surface area (Å²) in [5.41, 5.74) is 13.9. The van der Waals surface area contributed by atoms with E-state index in [0.29, 0.717) is 11.5 Å². The molecule has 0 bridgehead atoms. The second-order valence-electron chi connectivity index (χ2n) is 9.71. The standard InChI is InChI=1S/C30H24N6O/c31-30(14-4-15-30)22-10-7-20(8-11-22)27-23(19-5-2-1-3-6-19)17-24-25(33-27)13-16-36-28(34-35-29(24)36)21-9-12-26(37)32-18-21/h1-3,5-13,16-18H,4,14-15,31H2,(H,32,37). The second-order valence-corrected chi connectivity index (χ2v) is 9.71. The van der Waals surface area contributed by atoms with Crippen molar-refractivity contribution in [2.24, 2.45) is 5.73 Å². The Balaban J connectivity index is 1.41. The molecule has 0 amide bonds. The average Bonchev–Trinajstić information content (AvgIpc) is 3.37.